The lowest BCUT2D eigenvalue weighted by Crippen LogP contribution is -2.33. The van der Waals surface area contributed by atoms with Gasteiger partial charge in [0.15, 0.2) is 0 Å². The summed E-state index contributed by atoms with van der Waals surface area (Å²) in [6, 6.07) is 19.0. The number of pyridine rings is 1. The summed E-state index contributed by atoms with van der Waals surface area (Å²) in [4.78, 5) is 15.8. The molecular formula is C31H32ClN3O6. The van der Waals surface area contributed by atoms with E-state index in [4.69, 9.17) is 30.5 Å². The van der Waals surface area contributed by atoms with Gasteiger partial charge < -0.3 is 24.3 Å². The molecule has 10 heteroatoms. The molecule has 0 radical (unpaired) electrons. The molecule has 41 heavy (non-hydrogen) atoms. The maximum atomic E-state index is 11.9. The van der Waals surface area contributed by atoms with E-state index >= 15 is 0 Å². The van der Waals surface area contributed by atoms with Crippen molar-refractivity contribution in [1.29, 1.82) is 0 Å². The van der Waals surface area contributed by atoms with Gasteiger partial charge in [-0.1, -0.05) is 41.9 Å². The highest BCUT2D eigenvalue weighted by atomic mass is 35.5. The maximum Gasteiger partial charge on any atom is 0.311 e. The van der Waals surface area contributed by atoms with Crippen LogP contribution in [0.5, 0.6) is 11.5 Å². The molecule has 1 aliphatic heterocycles. The van der Waals surface area contributed by atoms with Gasteiger partial charge in [-0.2, -0.15) is 0 Å². The molecule has 214 valence electrons. The molecule has 1 fully saturated rings. The molecule has 1 unspecified atom stereocenters. The van der Waals surface area contributed by atoms with Crippen molar-refractivity contribution in [2.45, 2.75) is 38.0 Å². The van der Waals surface area contributed by atoms with Crippen molar-refractivity contribution in [3.63, 3.8) is 0 Å². The molecule has 5 rings (SSSR count). The van der Waals surface area contributed by atoms with Gasteiger partial charge in [0.25, 0.3) is 0 Å². The molecule has 1 aliphatic rings. The Kier molecular flexibility index (Phi) is 9.18. The molecule has 1 aromatic heterocycles. The predicted octanol–water partition coefficient (Wildman–Crippen LogP) is 6.91. The number of benzene rings is 3. The van der Waals surface area contributed by atoms with Crippen molar-refractivity contribution in [3.8, 4) is 11.5 Å². The van der Waals surface area contributed by atoms with Crippen LogP contribution in [0.1, 0.15) is 35.4 Å². The largest absolute Gasteiger partial charge is 0.497 e. The van der Waals surface area contributed by atoms with Gasteiger partial charge in [0.2, 0.25) is 0 Å². The lowest BCUT2D eigenvalue weighted by Gasteiger charge is -2.34. The Morgan fingerprint density at radius 3 is 2.71 bits per heavy atom. The van der Waals surface area contributed by atoms with E-state index in [-0.39, 0.29) is 24.3 Å². The number of halogens is 1. The quantitative estimate of drug-likeness (QED) is 0.151. The van der Waals surface area contributed by atoms with Gasteiger partial charge in [-0.05, 0) is 48.2 Å². The minimum absolute atomic E-state index is 0.000984. The second-order valence-electron chi connectivity index (χ2n) is 9.85. The summed E-state index contributed by atoms with van der Waals surface area (Å²) in [5, 5.41) is 16.3. The van der Waals surface area contributed by atoms with Gasteiger partial charge in [-0.25, -0.2) is 4.98 Å². The van der Waals surface area contributed by atoms with E-state index in [1.54, 1.807) is 32.4 Å². The van der Waals surface area contributed by atoms with E-state index in [1.807, 2.05) is 42.5 Å². The standard InChI is InChI=1S/C31H32ClN3O6/c1-38-22-14-24(23-9-6-12-41-30(23)19-40-18-20-7-4-3-5-8-20)26(29(15-22)39-2)16-34-31-25-13-21(32)10-11-27(25)33-17-28(31)35(36)37/h3-5,7-8,10-11,13-15,17,23,30H,6,9,12,16,18-19H2,1-2H3,(H,33,34)/t23?,30-/m1/s1. The second kappa shape index (κ2) is 13.2. The average Bonchev–Trinajstić information content (AvgIpc) is 3.00. The van der Waals surface area contributed by atoms with Crippen LogP contribution >= 0.6 is 11.6 Å². The number of methoxy groups -OCH3 is 2. The smallest absolute Gasteiger partial charge is 0.311 e. The summed E-state index contributed by atoms with van der Waals surface area (Å²) in [6.45, 7) is 1.82. The van der Waals surface area contributed by atoms with Crippen molar-refractivity contribution in [2.75, 3.05) is 32.8 Å². The van der Waals surface area contributed by atoms with Crippen LogP contribution in [0.3, 0.4) is 0 Å². The third kappa shape index (κ3) is 6.53. The van der Waals surface area contributed by atoms with Crippen molar-refractivity contribution in [1.82, 2.24) is 4.98 Å². The first kappa shape index (κ1) is 28.6. The number of aromatic nitrogens is 1. The summed E-state index contributed by atoms with van der Waals surface area (Å²) in [5.41, 5.74) is 3.75. The molecular weight excluding hydrogens is 546 g/mol. The van der Waals surface area contributed by atoms with E-state index in [2.05, 4.69) is 10.3 Å². The highest BCUT2D eigenvalue weighted by Crippen LogP contribution is 2.41. The molecule has 2 heterocycles. The Morgan fingerprint density at radius 2 is 1.95 bits per heavy atom. The molecule has 1 saturated heterocycles. The topological polar surface area (TPSA) is 105 Å². The van der Waals surface area contributed by atoms with E-state index in [0.717, 1.165) is 29.5 Å². The summed E-state index contributed by atoms with van der Waals surface area (Å²) in [7, 11) is 3.22. The lowest BCUT2D eigenvalue weighted by atomic mass is 9.84. The fourth-order valence-electron chi connectivity index (χ4n) is 5.34. The fourth-order valence-corrected chi connectivity index (χ4v) is 5.52. The molecule has 0 bridgehead atoms. The van der Waals surface area contributed by atoms with Gasteiger partial charge >= 0.3 is 5.69 Å². The number of rotatable bonds is 11. The van der Waals surface area contributed by atoms with E-state index in [0.29, 0.717) is 52.9 Å². The number of nitrogens with one attached hydrogen (secondary N) is 1. The summed E-state index contributed by atoms with van der Waals surface area (Å²) >= 11 is 6.26. The highest BCUT2D eigenvalue weighted by Gasteiger charge is 2.31. The molecule has 2 atom stereocenters. The van der Waals surface area contributed by atoms with Gasteiger partial charge in [0.05, 0.1) is 44.0 Å². The van der Waals surface area contributed by atoms with Crippen LogP contribution in [0.2, 0.25) is 5.02 Å². The van der Waals surface area contributed by atoms with E-state index < -0.39 is 4.92 Å². The van der Waals surface area contributed by atoms with Crippen LogP contribution in [0, 0.1) is 10.1 Å². The zero-order valence-electron chi connectivity index (χ0n) is 23.0. The Balaban J connectivity index is 1.48. The van der Waals surface area contributed by atoms with Crippen LogP contribution < -0.4 is 14.8 Å². The van der Waals surface area contributed by atoms with Gasteiger partial charge in [-0.15, -0.1) is 0 Å². The fraction of sp³-hybridized carbons (Fsp3) is 0.323. The number of anilines is 1. The predicted molar refractivity (Wildman–Crippen MR) is 158 cm³/mol. The first-order valence-corrected chi connectivity index (χ1v) is 13.8. The maximum absolute atomic E-state index is 11.9. The molecule has 3 aromatic carbocycles. The van der Waals surface area contributed by atoms with E-state index in [9.17, 15) is 10.1 Å². The third-order valence-corrected chi connectivity index (χ3v) is 7.59. The average molecular weight is 578 g/mol. The highest BCUT2D eigenvalue weighted by molar-refractivity contribution is 6.31. The molecule has 0 spiro atoms. The zero-order chi connectivity index (χ0) is 28.8. The lowest BCUT2D eigenvalue weighted by molar-refractivity contribution is -0.384. The molecule has 0 aliphatic carbocycles. The van der Waals surface area contributed by atoms with Crippen LogP contribution in [-0.2, 0) is 22.6 Å². The van der Waals surface area contributed by atoms with Crippen LogP contribution in [-0.4, -0.2) is 43.4 Å². The number of hydrogen-bond acceptors (Lipinski definition) is 8. The Morgan fingerprint density at radius 1 is 1.12 bits per heavy atom. The van der Waals surface area contributed by atoms with Gasteiger partial charge in [-0.3, -0.25) is 10.1 Å². The molecule has 0 amide bonds. The monoisotopic (exact) mass is 577 g/mol. The second-order valence-corrected chi connectivity index (χ2v) is 10.3. The van der Waals surface area contributed by atoms with Crippen molar-refractivity contribution in [3.05, 3.63) is 98.7 Å². The van der Waals surface area contributed by atoms with Crippen LogP contribution in [0.15, 0.2) is 66.9 Å². The summed E-state index contributed by atoms with van der Waals surface area (Å²) in [5.74, 6) is 1.27. The van der Waals surface area contributed by atoms with Gasteiger partial charge in [0, 0.05) is 41.1 Å². The number of hydrogen-bond donors (Lipinski definition) is 1. The van der Waals surface area contributed by atoms with E-state index in [1.165, 1.54) is 6.20 Å². The van der Waals surface area contributed by atoms with Crippen LogP contribution in [0.4, 0.5) is 11.4 Å². The zero-order valence-corrected chi connectivity index (χ0v) is 23.7. The minimum Gasteiger partial charge on any atom is -0.497 e. The van der Waals surface area contributed by atoms with Gasteiger partial charge in [0.1, 0.15) is 23.4 Å². The Bertz CT molecular complexity index is 1520. The number of fused-ring (bicyclic) bond motifs is 1. The number of nitrogens with zero attached hydrogens (tertiary/aromatic N) is 2. The third-order valence-electron chi connectivity index (χ3n) is 7.35. The minimum atomic E-state index is -0.447. The van der Waals surface area contributed by atoms with Crippen molar-refractivity contribution < 1.29 is 23.9 Å². The number of ether oxygens (including phenoxy) is 4. The Labute approximate surface area is 243 Å². The SMILES string of the molecule is COc1cc(OC)c(CNc2c([N+](=O)[O-])cnc3ccc(Cl)cc23)c(C2CCCO[C@@H]2COCc2ccccc2)c1. The number of nitro groups is 1. The van der Waals surface area contributed by atoms with Crippen molar-refractivity contribution in [2.24, 2.45) is 0 Å². The van der Waals surface area contributed by atoms with Crippen molar-refractivity contribution >= 4 is 33.9 Å². The summed E-state index contributed by atoms with van der Waals surface area (Å²) in [6.07, 6.45) is 2.86. The molecule has 9 nitrogen and oxygen atoms in total. The first-order valence-electron chi connectivity index (χ1n) is 13.4. The van der Waals surface area contributed by atoms with Crippen LogP contribution in [0.25, 0.3) is 10.9 Å². The Hall–Kier alpha value is -3.92. The normalized spacial score (nSPS) is 16.9. The molecule has 0 saturated carbocycles. The summed E-state index contributed by atoms with van der Waals surface area (Å²) < 4.78 is 23.8. The molecule has 4 aromatic rings. The molecule has 1 N–H and O–H groups in total. The first-order chi connectivity index (χ1) is 20.0.